The Hall–Kier alpha value is -1.10. The molecule has 2 aliphatic rings. The van der Waals surface area contributed by atoms with Gasteiger partial charge >= 0.3 is 11.9 Å². The van der Waals surface area contributed by atoms with Gasteiger partial charge in [-0.15, -0.1) is 0 Å². The van der Waals surface area contributed by atoms with E-state index in [2.05, 4.69) is 6.92 Å². The van der Waals surface area contributed by atoms with Crippen LogP contribution in [0.15, 0.2) is 0 Å². The van der Waals surface area contributed by atoms with Crippen LogP contribution in [0.5, 0.6) is 0 Å². The van der Waals surface area contributed by atoms with Gasteiger partial charge in [-0.1, -0.05) is 6.92 Å². The second-order valence-corrected chi connectivity index (χ2v) is 5.51. The molecule has 0 aromatic carbocycles. The molecule has 0 aromatic heterocycles. The predicted octanol–water partition coefficient (Wildman–Crippen LogP) is 1.14. The van der Waals surface area contributed by atoms with Crippen molar-refractivity contribution in [2.45, 2.75) is 39.2 Å². The van der Waals surface area contributed by atoms with Crippen LogP contribution in [-0.4, -0.2) is 35.9 Å². The molecular weight excluding hydrogens is 248 g/mol. The summed E-state index contributed by atoms with van der Waals surface area (Å²) >= 11 is 0. The summed E-state index contributed by atoms with van der Waals surface area (Å²) in [5, 5.41) is 10.7. The standard InChI is InChI=1S/C14H22O5/c1-4-18-12(15)11(13(16)19-5-2)14(17)9-7-6-8(3)10(9)14/h8-11,17H,4-7H2,1-3H3/t8-,9-,10+,14-/m0/s1. The lowest BCUT2D eigenvalue weighted by atomic mass is 9.89. The van der Waals surface area contributed by atoms with Crippen LogP contribution in [0, 0.1) is 23.7 Å². The average molecular weight is 270 g/mol. The van der Waals surface area contributed by atoms with Gasteiger partial charge in [0.15, 0.2) is 5.92 Å². The molecule has 0 radical (unpaired) electrons. The van der Waals surface area contributed by atoms with E-state index in [9.17, 15) is 14.7 Å². The van der Waals surface area contributed by atoms with E-state index < -0.39 is 23.5 Å². The van der Waals surface area contributed by atoms with Gasteiger partial charge in [0.05, 0.1) is 18.8 Å². The molecule has 0 bridgehead atoms. The van der Waals surface area contributed by atoms with Crippen LogP contribution in [0.2, 0.25) is 0 Å². The summed E-state index contributed by atoms with van der Waals surface area (Å²) in [6, 6.07) is 0. The minimum atomic E-state index is -1.25. The lowest BCUT2D eigenvalue weighted by Crippen LogP contribution is -2.43. The summed E-state index contributed by atoms with van der Waals surface area (Å²) in [4.78, 5) is 24.0. The quantitative estimate of drug-likeness (QED) is 0.599. The number of ether oxygens (including phenoxy) is 2. The van der Waals surface area contributed by atoms with Crippen LogP contribution < -0.4 is 0 Å². The fraction of sp³-hybridized carbons (Fsp3) is 0.857. The number of esters is 2. The second-order valence-electron chi connectivity index (χ2n) is 5.51. The number of hydrogen-bond donors (Lipinski definition) is 1. The number of rotatable bonds is 5. The summed E-state index contributed by atoms with van der Waals surface area (Å²) in [5.41, 5.74) is -1.25. The van der Waals surface area contributed by atoms with Crippen LogP contribution in [0.4, 0.5) is 0 Å². The van der Waals surface area contributed by atoms with Crippen molar-refractivity contribution >= 4 is 11.9 Å². The zero-order chi connectivity index (χ0) is 14.2. The number of carbonyl (C=O) groups is 2. The summed E-state index contributed by atoms with van der Waals surface area (Å²) in [7, 11) is 0. The summed E-state index contributed by atoms with van der Waals surface area (Å²) in [6.45, 7) is 5.79. The monoisotopic (exact) mass is 270 g/mol. The Kier molecular flexibility index (Phi) is 3.85. The summed E-state index contributed by atoms with van der Waals surface area (Å²) < 4.78 is 9.88. The number of fused-ring (bicyclic) bond motifs is 1. The molecule has 2 saturated carbocycles. The lowest BCUT2D eigenvalue weighted by Gasteiger charge is -2.24. The summed E-state index contributed by atoms with van der Waals surface area (Å²) in [5.74, 6) is -2.13. The largest absolute Gasteiger partial charge is 0.465 e. The van der Waals surface area contributed by atoms with Gasteiger partial charge < -0.3 is 14.6 Å². The highest BCUT2D eigenvalue weighted by Gasteiger charge is 2.75. The fourth-order valence-electron chi connectivity index (χ4n) is 3.71. The Bertz CT molecular complexity index is 362. The molecule has 2 fully saturated rings. The van der Waals surface area contributed by atoms with Crippen LogP contribution in [0.3, 0.4) is 0 Å². The number of aliphatic hydroxyl groups is 1. The molecule has 19 heavy (non-hydrogen) atoms. The molecule has 0 aromatic rings. The van der Waals surface area contributed by atoms with E-state index in [0.717, 1.165) is 12.8 Å². The smallest absolute Gasteiger partial charge is 0.323 e. The van der Waals surface area contributed by atoms with Crippen molar-refractivity contribution in [3.05, 3.63) is 0 Å². The lowest BCUT2D eigenvalue weighted by molar-refractivity contribution is -0.170. The van der Waals surface area contributed by atoms with Crippen molar-refractivity contribution in [2.75, 3.05) is 13.2 Å². The molecule has 0 aliphatic heterocycles. The Morgan fingerprint density at radius 2 is 1.74 bits per heavy atom. The van der Waals surface area contributed by atoms with E-state index in [1.54, 1.807) is 13.8 Å². The molecule has 2 rings (SSSR count). The molecular formula is C14H22O5. The number of hydrogen-bond acceptors (Lipinski definition) is 5. The first-order chi connectivity index (χ1) is 8.98. The molecule has 108 valence electrons. The Morgan fingerprint density at radius 1 is 1.21 bits per heavy atom. The van der Waals surface area contributed by atoms with Gasteiger partial charge in [-0.3, -0.25) is 9.59 Å². The maximum absolute atomic E-state index is 12.0. The predicted molar refractivity (Wildman–Crippen MR) is 67.1 cm³/mol. The first kappa shape index (κ1) is 14.3. The van der Waals surface area contributed by atoms with Crippen molar-refractivity contribution in [1.29, 1.82) is 0 Å². The molecule has 0 amide bonds. The van der Waals surface area contributed by atoms with E-state index in [1.165, 1.54) is 0 Å². The van der Waals surface area contributed by atoms with E-state index in [1.807, 2.05) is 0 Å². The average Bonchev–Trinajstić information content (AvgIpc) is 2.71. The normalized spacial score (nSPS) is 35.9. The van der Waals surface area contributed by atoms with Gasteiger partial charge in [0.1, 0.15) is 0 Å². The van der Waals surface area contributed by atoms with E-state index in [4.69, 9.17) is 9.47 Å². The van der Waals surface area contributed by atoms with E-state index in [0.29, 0.717) is 5.92 Å². The second kappa shape index (κ2) is 5.12. The summed E-state index contributed by atoms with van der Waals surface area (Å²) in [6.07, 6.45) is 1.90. The molecule has 1 N–H and O–H groups in total. The zero-order valence-corrected chi connectivity index (χ0v) is 11.7. The Balaban J connectivity index is 2.19. The van der Waals surface area contributed by atoms with Crippen LogP contribution in [-0.2, 0) is 19.1 Å². The van der Waals surface area contributed by atoms with Gasteiger partial charge in [-0.2, -0.15) is 0 Å². The fourth-order valence-corrected chi connectivity index (χ4v) is 3.71. The highest BCUT2D eigenvalue weighted by molar-refractivity contribution is 5.97. The van der Waals surface area contributed by atoms with Crippen molar-refractivity contribution in [1.82, 2.24) is 0 Å². The molecule has 0 saturated heterocycles. The molecule has 5 heteroatoms. The highest BCUT2D eigenvalue weighted by Crippen LogP contribution is 2.66. The number of carbonyl (C=O) groups excluding carboxylic acids is 2. The molecule has 2 aliphatic carbocycles. The third-order valence-electron chi connectivity index (χ3n) is 4.51. The Morgan fingerprint density at radius 3 is 2.11 bits per heavy atom. The molecule has 0 unspecified atom stereocenters. The van der Waals surface area contributed by atoms with Crippen LogP contribution in [0.25, 0.3) is 0 Å². The first-order valence-electron chi connectivity index (χ1n) is 7.04. The minimum Gasteiger partial charge on any atom is -0.465 e. The zero-order valence-electron chi connectivity index (χ0n) is 11.7. The van der Waals surface area contributed by atoms with Gasteiger partial charge in [0.25, 0.3) is 0 Å². The van der Waals surface area contributed by atoms with Crippen LogP contribution >= 0.6 is 0 Å². The van der Waals surface area contributed by atoms with Gasteiger partial charge in [0, 0.05) is 0 Å². The van der Waals surface area contributed by atoms with Crippen LogP contribution in [0.1, 0.15) is 33.6 Å². The van der Waals surface area contributed by atoms with Gasteiger partial charge in [-0.05, 0) is 44.4 Å². The SMILES string of the molecule is CCOC(=O)C(C(=O)OCC)[C@@]1(O)[C@@H]2[C@@H](C)CC[C@@H]21. The maximum Gasteiger partial charge on any atom is 0.323 e. The molecule has 0 heterocycles. The van der Waals surface area contributed by atoms with Crippen molar-refractivity contribution in [3.63, 3.8) is 0 Å². The molecule has 0 spiro atoms. The minimum absolute atomic E-state index is 0.0197. The van der Waals surface area contributed by atoms with Crippen molar-refractivity contribution in [3.8, 4) is 0 Å². The maximum atomic E-state index is 12.0. The van der Waals surface area contributed by atoms with Gasteiger partial charge in [-0.25, -0.2) is 0 Å². The van der Waals surface area contributed by atoms with E-state index in [-0.39, 0.29) is 25.0 Å². The van der Waals surface area contributed by atoms with Gasteiger partial charge in [0.2, 0.25) is 0 Å². The van der Waals surface area contributed by atoms with Crippen molar-refractivity contribution < 1.29 is 24.2 Å². The highest BCUT2D eigenvalue weighted by atomic mass is 16.6. The first-order valence-corrected chi connectivity index (χ1v) is 7.04. The van der Waals surface area contributed by atoms with E-state index >= 15 is 0 Å². The molecule has 4 atom stereocenters. The topological polar surface area (TPSA) is 72.8 Å². The third kappa shape index (κ3) is 2.14. The van der Waals surface area contributed by atoms with Crippen molar-refractivity contribution in [2.24, 2.45) is 23.7 Å². The molecule has 5 nitrogen and oxygen atoms in total. The Labute approximate surface area is 113 Å². The third-order valence-corrected chi connectivity index (χ3v) is 4.51.